The van der Waals surface area contributed by atoms with E-state index in [2.05, 4.69) is 0 Å². The molecule has 0 bridgehead atoms. The Kier molecular flexibility index (Phi) is 5.21. The number of carboxylic acid groups (broad SMARTS) is 1. The Hall–Kier alpha value is -1.65. The van der Waals surface area contributed by atoms with Crippen LogP contribution in [0.4, 0.5) is 13.2 Å². The molecule has 1 aliphatic heterocycles. The minimum absolute atomic E-state index is 0.186. The van der Waals surface area contributed by atoms with Crippen molar-refractivity contribution < 1.29 is 36.2 Å². The lowest BCUT2D eigenvalue weighted by Gasteiger charge is -2.18. The molecule has 2 rings (SSSR count). The fourth-order valence-corrected chi connectivity index (χ4v) is 4.11. The molecule has 0 amide bonds. The quantitative estimate of drug-likeness (QED) is 0.857. The zero-order chi connectivity index (χ0) is 18.1. The number of carboxylic acids is 1. The van der Waals surface area contributed by atoms with Gasteiger partial charge >= 0.3 is 12.1 Å². The van der Waals surface area contributed by atoms with Crippen molar-refractivity contribution in [2.45, 2.75) is 17.7 Å². The molecule has 1 aromatic carbocycles. The topological polar surface area (TPSA) is 83.9 Å². The molecular weight excluding hydrogens is 351 g/mol. The molecule has 134 valence electrons. The van der Waals surface area contributed by atoms with Crippen LogP contribution in [0.25, 0.3) is 0 Å². The van der Waals surface area contributed by atoms with Crippen LogP contribution in [0.3, 0.4) is 0 Å². The summed E-state index contributed by atoms with van der Waals surface area (Å²) in [7, 11) is -2.73. The molecule has 0 saturated carbocycles. The molecule has 1 N–H and O–H groups in total. The number of hydrogen-bond acceptors (Lipinski definition) is 4. The lowest BCUT2D eigenvalue weighted by Crippen LogP contribution is -2.34. The fourth-order valence-electron chi connectivity index (χ4n) is 2.62. The minimum Gasteiger partial charge on any atom is -0.481 e. The van der Waals surface area contributed by atoms with Gasteiger partial charge in [0.2, 0.25) is 10.0 Å². The van der Waals surface area contributed by atoms with Crippen molar-refractivity contribution in [1.29, 1.82) is 0 Å². The van der Waals surface area contributed by atoms with E-state index in [9.17, 15) is 26.4 Å². The van der Waals surface area contributed by atoms with Gasteiger partial charge in [-0.25, -0.2) is 8.42 Å². The molecular formula is C14H16F3NO5S. The lowest BCUT2D eigenvalue weighted by atomic mass is 9.96. The summed E-state index contributed by atoms with van der Waals surface area (Å²) in [5, 5.41) is 8.96. The number of halogens is 3. The Morgan fingerprint density at radius 1 is 1.29 bits per heavy atom. The number of sulfonamides is 1. The van der Waals surface area contributed by atoms with Crippen LogP contribution in [-0.2, 0) is 26.2 Å². The molecule has 0 aliphatic carbocycles. The van der Waals surface area contributed by atoms with Gasteiger partial charge in [0.25, 0.3) is 0 Å². The molecule has 1 aliphatic rings. The van der Waals surface area contributed by atoms with Crippen LogP contribution in [0.15, 0.2) is 29.2 Å². The Bertz CT molecular complexity index is 702. The molecule has 24 heavy (non-hydrogen) atoms. The van der Waals surface area contributed by atoms with Gasteiger partial charge in [0.05, 0.1) is 23.3 Å². The number of carbonyl (C=O) groups is 1. The molecule has 10 heteroatoms. The van der Waals surface area contributed by atoms with Crippen LogP contribution >= 0.6 is 0 Å². The molecule has 2 atom stereocenters. The van der Waals surface area contributed by atoms with Gasteiger partial charge in [-0.15, -0.1) is 0 Å². The normalized spacial score (nSPS) is 22.7. The first kappa shape index (κ1) is 18.7. The average molecular weight is 367 g/mol. The third-order valence-electron chi connectivity index (χ3n) is 3.90. The van der Waals surface area contributed by atoms with E-state index in [0.29, 0.717) is 9.87 Å². The summed E-state index contributed by atoms with van der Waals surface area (Å²) in [5.74, 6) is -5.70. The highest BCUT2D eigenvalue weighted by atomic mass is 32.2. The second-order valence-electron chi connectivity index (χ2n) is 5.49. The number of ether oxygens (including phenoxy) is 1. The van der Waals surface area contributed by atoms with Gasteiger partial charge in [-0.3, -0.25) is 4.79 Å². The minimum atomic E-state index is -4.78. The zero-order valence-electron chi connectivity index (χ0n) is 12.7. The van der Waals surface area contributed by atoms with Crippen molar-refractivity contribution in [2.75, 3.05) is 20.2 Å². The molecule has 0 spiro atoms. The number of methoxy groups -OCH3 is 1. The van der Waals surface area contributed by atoms with Gasteiger partial charge in [0.15, 0.2) is 0 Å². The maximum absolute atomic E-state index is 13.0. The molecule has 0 radical (unpaired) electrons. The SMILES string of the molecule is COCc1ccc(S(=O)(=O)N2C[C@@H](C(F)(F)F)[C@H](C(=O)O)C2)cc1. The third kappa shape index (κ3) is 3.70. The van der Waals surface area contributed by atoms with E-state index in [-0.39, 0.29) is 11.5 Å². The Balaban J connectivity index is 2.28. The second-order valence-corrected chi connectivity index (χ2v) is 7.43. The number of rotatable bonds is 5. The first-order valence-corrected chi connectivity index (χ1v) is 8.39. The van der Waals surface area contributed by atoms with Crippen LogP contribution in [0.2, 0.25) is 0 Å². The summed E-state index contributed by atoms with van der Waals surface area (Å²) in [4.78, 5) is 10.9. The lowest BCUT2D eigenvalue weighted by molar-refractivity contribution is -0.187. The second kappa shape index (κ2) is 6.69. The van der Waals surface area contributed by atoms with Gasteiger partial charge in [-0.1, -0.05) is 12.1 Å². The van der Waals surface area contributed by atoms with Gasteiger partial charge in [-0.2, -0.15) is 17.5 Å². The Labute approximate surface area is 136 Å². The summed E-state index contributed by atoms with van der Waals surface area (Å²) < 4.78 is 69.4. The van der Waals surface area contributed by atoms with Crippen molar-refractivity contribution in [3.8, 4) is 0 Å². The van der Waals surface area contributed by atoms with Gasteiger partial charge in [-0.05, 0) is 17.7 Å². The van der Waals surface area contributed by atoms with Crippen LogP contribution < -0.4 is 0 Å². The number of hydrogen-bond donors (Lipinski definition) is 1. The van der Waals surface area contributed by atoms with E-state index < -0.39 is 47.1 Å². The van der Waals surface area contributed by atoms with E-state index >= 15 is 0 Å². The van der Waals surface area contributed by atoms with Crippen LogP contribution in [0.5, 0.6) is 0 Å². The van der Waals surface area contributed by atoms with Crippen molar-refractivity contribution in [3.05, 3.63) is 29.8 Å². The van der Waals surface area contributed by atoms with Gasteiger partial charge in [0.1, 0.15) is 0 Å². The summed E-state index contributed by atoms with van der Waals surface area (Å²) >= 11 is 0. The van der Waals surface area contributed by atoms with Crippen LogP contribution in [0.1, 0.15) is 5.56 Å². The van der Waals surface area contributed by atoms with Crippen molar-refractivity contribution in [2.24, 2.45) is 11.8 Å². The first-order chi connectivity index (χ1) is 11.1. The smallest absolute Gasteiger partial charge is 0.393 e. The average Bonchev–Trinajstić information content (AvgIpc) is 2.94. The highest BCUT2D eigenvalue weighted by Gasteiger charge is 2.54. The summed E-state index contributed by atoms with van der Waals surface area (Å²) in [5.41, 5.74) is 0.703. The molecule has 0 unspecified atom stereocenters. The third-order valence-corrected chi connectivity index (χ3v) is 5.74. The molecule has 1 heterocycles. The predicted molar refractivity (Wildman–Crippen MR) is 76.6 cm³/mol. The molecule has 6 nitrogen and oxygen atoms in total. The molecule has 0 aromatic heterocycles. The van der Waals surface area contributed by atoms with Crippen molar-refractivity contribution in [3.63, 3.8) is 0 Å². The summed E-state index contributed by atoms with van der Waals surface area (Å²) in [6.45, 7) is -1.34. The highest BCUT2D eigenvalue weighted by Crippen LogP contribution is 2.39. The van der Waals surface area contributed by atoms with E-state index in [1.54, 1.807) is 0 Å². The number of aliphatic carboxylic acids is 1. The first-order valence-electron chi connectivity index (χ1n) is 6.95. The maximum Gasteiger partial charge on any atom is 0.393 e. The highest BCUT2D eigenvalue weighted by molar-refractivity contribution is 7.89. The number of benzene rings is 1. The van der Waals surface area contributed by atoms with E-state index in [0.717, 1.165) is 0 Å². The monoisotopic (exact) mass is 367 g/mol. The van der Waals surface area contributed by atoms with E-state index in [1.165, 1.54) is 31.4 Å². The van der Waals surface area contributed by atoms with Crippen LogP contribution in [-0.4, -0.2) is 50.2 Å². The van der Waals surface area contributed by atoms with Gasteiger partial charge < -0.3 is 9.84 Å². The molecule has 1 saturated heterocycles. The van der Waals surface area contributed by atoms with Gasteiger partial charge in [0, 0.05) is 20.2 Å². The predicted octanol–water partition coefficient (Wildman–Crippen LogP) is 1.72. The Morgan fingerprint density at radius 2 is 1.88 bits per heavy atom. The van der Waals surface area contributed by atoms with Crippen LogP contribution in [0, 0.1) is 11.8 Å². The Morgan fingerprint density at radius 3 is 2.29 bits per heavy atom. The zero-order valence-corrected chi connectivity index (χ0v) is 13.5. The summed E-state index contributed by atoms with van der Waals surface area (Å²) in [6, 6.07) is 5.51. The fraction of sp³-hybridized carbons (Fsp3) is 0.500. The van der Waals surface area contributed by atoms with E-state index in [1.807, 2.05) is 0 Å². The largest absolute Gasteiger partial charge is 0.481 e. The van der Waals surface area contributed by atoms with Crippen molar-refractivity contribution >= 4 is 16.0 Å². The van der Waals surface area contributed by atoms with E-state index in [4.69, 9.17) is 9.84 Å². The summed E-state index contributed by atoms with van der Waals surface area (Å²) in [6.07, 6.45) is -4.78. The number of alkyl halides is 3. The number of nitrogens with zero attached hydrogens (tertiary/aromatic N) is 1. The maximum atomic E-state index is 13.0. The molecule has 1 fully saturated rings. The standard InChI is InChI=1S/C14H16F3NO5S/c1-23-8-9-2-4-10(5-3-9)24(21,22)18-6-11(13(19)20)12(7-18)14(15,16)17/h2-5,11-12H,6-8H2,1H3,(H,19,20)/t11-,12-/m1/s1. The van der Waals surface area contributed by atoms with Crippen molar-refractivity contribution in [1.82, 2.24) is 4.31 Å². The molecule has 1 aromatic rings.